The van der Waals surface area contributed by atoms with Crippen LogP contribution in [0.2, 0.25) is 0 Å². The number of sulfonamides is 1. The molecule has 1 aliphatic heterocycles. The van der Waals surface area contributed by atoms with Crippen molar-refractivity contribution in [1.82, 2.24) is 0 Å². The number of hydrogen-bond donors (Lipinski definition) is 1. The molecule has 122 valence electrons. The Hall–Kier alpha value is -1.56. The number of rotatable bonds is 5. The summed E-state index contributed by atoms with van der Waals surface area (Å²) in [6, 6.07) is 5.35. The van der Waals surface area contributed by atoms with E-state index in [4.69, 9.17) is 0 Å². The molecule has 2 rings (SSSR count). The fourth-order valence-corrected chi connectivity index (χ4v) is 4.13. The van der Waals surface area contributed by atoms with Crippen molar-refractivity contribution < 1.29 is 13.2 Å². The lowest BCUT2D eigenvalue weighted by atomic mass is 10.1. The molecule has 1 amide bonds. The number of amides is 1. The van der Waals surface area contributed by atoms with Gasteiger partial charge in [-0.1, -0.05) is 19.9 Å². The number of aryl methyl sites for hydroxylation is 1. The van der Waals surface area contributed by atoms with Crippen molar-refractivity contribution >= 4 is 27.3 Å². The molecule has 1 aromatic carbocycles. The Morgan fingerprint density at radius 3 is 2.64 bits per heavy atom. The van der Waals surface area contributed by atoms with E-state index in [0.29, 0.717) is 18.7 Å². The van der Waals surface area contributed by atoms with Crippen LogP contribution in [0.1, 0.15) is 38.7 Å². The largest absolute Gasteiger partial charge is 0.312 e. The first-order chi connectivity index (χ1) is 10.3. The number of carbonyl (C=O) groups is 1. The van der Waals surface area contributed by atoms with Crippen molar-refractivity contribution in [2.75, 3.05) is 21.9 Å². The summed E-state index contributed by atoms with van der Waals surface area (Å²) in [5.41, 5.74) is 2.29. The lowest BCUT2D eigenvalue weighted by Crippen LogP contribution is -2.35. The van der Waals surface area contributed by atoms with E-state index in [0.717, 1.165) is 24.1 Å². The fourth-order valence-electron chi connectivity index (χ4n) is 2.68. The third-order valence-corrected chi connectivity index (χ3v) is 5.30. The zero-order valence-corrected chi connectivity index (χ0v) is 14.2. The molecule has 1 aliphatic rings. The molecule has 1 N–H and O–H groups in total. The first kappa shape index (κ1) is 16.8. The normalized spacial score (nSPS) is 16.2. The van der Waals surface area contributed by atoms with Gasteiger partial charge in [-0.15, -0.1) is 0 Å². The van der Waals surface area contributed by atoms with Gasteiger partial charge in [0.1, 0.15) is 0 Å². The molecule has 0 spiro atoms. The van der Waals surface area contributed by atoms with Crippen LogP contribution in [0.15, 0.2) is 18.2 Å². The topological polar surface area (TPSA) is 66.5 Å². The SMILES string of the molecule is Cc1ccc(NS(=O)(=O)CC(C)C)cc1N1CCCCC1=O. The Labute approximate surface area is 132 Å². The van der Waals surface area contributed by atoms with Gasteiger partial charge in [0.15, 0.2) is 0 Å². The monoisotopic (exact) mass is 324 g/mol. The highest BCUT2D eigenvalue weighted by Gasteiger charge is 2.22. The maximum Gasteiger partial charge on any atom is 0.232 e. The van der Waals surface area contributed by atoms with Crippen molar-refractivity contribution in [3.63, 3.8) is 0 Å². The van der Waals surface area contributed by atoms with Gasteiger partial charge in [0.25, 0.3) is 0 Å². The van der Waals surface area contributed by atoms with Crippen LogP contribution < -0.4 is 9.62 Å². The van der Waals surface area contributed by atoms with Crippen molar-refractivity contribution in [3.05, 3.63) is 23.8 Å². The number of hydrogen-bond acceptors (Lipinski definition) is 3. The molecule has 22 heavy (non-hydrogen) atoms. The number of nitrogens with one attached hydrogen (secondary N) is 1. The van der Waals surface area contributed by atoms with E-state index >= 15 is 0 Å². The molecule has 0 atom stereocenters. The van der Waals surface area contributed by atoms with E-state index in [1.54, 1.807) is 17.0 Å². The Morgan fingerprint density at radius 1 is 1.27 bits per heavy atom. The third kappa shape index (κ3) is 4.22. The summed E-state index contributed by atoms with van der Waals surface area (Å²) in [5, 5.41) is 0. The highest BCUT2D eigenvalue weighted by molar-refractivity contribution is 7.92. The number of benzene rings is 1. The van der Waals surface area contributed by atoms with Gasteiger partial charge in [-0.25, -0.2) is 8.42 Å². The van der Waals surface area contributed by atoms with E-state index in [9.17, 15) is 13.2 Å². The smallest absolute Gasteiger partial charge is 0.232 e. The second-order valence-electron chi connectivity index (χ2n) is 6.28. The first-order valence-electron chi connectivity index (χ1n) is 7.70. The van der Waals surface area contributed by atoms with Crippen molar-refractivity contribution in [2.24, 2.45) is 5.92 Å². The number of anilines is 2. The van der Waals surface area contributed by atoms with Crippen LogP contribution in [0.3, 0.4) is 0 Å². The van der Waals surface area contributed by atoms with Crippen LogP contribution in [-0.4, -0.2) is 26.6 Å². The van der Waals surface area contributed by atoms with E-state index < -0.39 is 10.0 Å². The number of piperidine rings is 1. The molecule has 5 nitrogen and oxygen atoms in total. The quantitative estimate of drug-likeness (QED) is 0.905. The maximum absolute atomic E-state index is 12.1. The minimum absolute atomic E-state index is 0.0612. The standard InChI is InChI=1S/C16H24N2O3S/c1-12(2)11-22(20,21)17-14-8-7-13(3)15(10-14)18-9-5-4-6-16(18)19/h7-8,10,12,17H,4-6,9,11H2,1-3H3. The Morgan fingerprint density at radius 2 is 2.00 bits per heavy atom. The van der Waals surface area contributed by atoms with E-state index in [1.165, 1.54) is 0 Å². The van der Waals surface area contributed by atoms with Gasteiger partial charge in [-0.05, 0) is 43.4 Å². The van der Waals surface area contributed by atoms with Crippen LogP contribution in [0.5, 0.6) is 0 Å². The minimum atomic E-state index is -3.36. The first-order valence-corrected chi connectivity index (χ1v) is 9.35. The van der Waals surface area contributed by atoms with Gasteiger partial charge in [-0.3, -0.25) is 9.52 Å². The van der Waals surface area contributed by atoms with Crippen LogP contribution >= 0.6 is 0 Å². The molecular formula is C16H24N2O3S. The molecule has 0 unspecified atom stereocenters. The number of nitrogens with zero attached hydrogens (tertiary/aromatic N) is 1. The molecule has 0 bridgehead atoms. The summed E-state index contributed by atoms with van der Waals surface area (Å²) in [4.78, 5) is 13.8. The summed E-state index contributed by atoms with van der Waals surface area (Å²) in [7, 11) is -3.36. The van der Waals surface area contributed by atoms with Crippen molar-refractivity contribution in [2.45, 2.75) is 40.0 Å². The van der Waals surface area contributed by atoms with Crippen LogP contribution in [0, 0.1) is 12.8 Å². The van der Waals surface area contributed by atoms with Crippen LogP contribution in [0.25, 0.3) is 0 Å². The molecule has 0 radical (unpaired) electrons. The molecule has 1 fully saturated rings. The summed E-state index contributed by atoms with van der Waals surface area (Å²) < 4.78 is 26.7. The van der Waals surface area contributed by atoms with E-state index in [-0.39, 0.29) is 17.6 Å². The van der Waals surface area contributed by atoms with Crippen molar-refractivity contribution in [3.8, 4) is 0 Å². The fraction of sp³-hybridized carbons (Fsp3) is 0.562. The Balaban J connectivity index is 2.25. The predicted molar refractivity (Wildman–Crippen MR) is 89.6 cm³/mol. The second-order valence-corrected chi connectivity index (χ2v) is 8.05. The van der Waals surface area contributed by atoms with Gasteiger partial charge in [0.05, 0.1) is 11.4 Å². The zero-order valence-electron chi connectivity index (χ0n) is 13.4. The Kier molecular flexibility index (Phi) is 5.11. The van der Waals surface area contributed by atoms with Gasteiger partial charge >= 0.3 is 0 Å². The Bertz CT molecular complexity index is 653. The molecular weight excluding hydrogens is 300 g/mol. The second kappa shape index (κ2) is 6.69. The summed E-state index contributed by atoms with van der Waals surface area (Å²) in [5.74, 6) is 0.251. The number of carbonyl (C=O) groups excluding carboxylic acids is 1. The van der Waals surface area contributed by atoms with Gasteiger partial charge in [0, 0.05) is 18.7 Å². The lowest BCUT2D eigenvalue weighted by Gasteiger charge is -2.28. The van der Waals surface area contributed by atoms with E-state index in [2.05, 4.69) is 4.72 Å². The molecule has 0 aromatic heterocycles. The van der Waals surface area contributed by atoms with Gasteiger partial charge < -0.3 is 4.90 Å². The van der Waals surface area contributed by atoms with Gasteiger partial charge in [-0.2, -0.15) is 0 Å². The highest BCUT2D eigenvalue weighted by Crippen LogP contribution is 2.28. The average molecular weight is 324 g/mol. The molecule has 1 saturated heterocycles. The lowest BCUT2D eigenvalue weighted by molar-refractivity contribution is -0.119. The molecule has 1 aromatic rings. The maximum atomic E-state index is 12.1. The zero-order chi connectivity index (χ0) is 16.3. The average Bonchev–Trinajstić information content (AvgIpc) is 2.40. The molecule has 0 aliphatic carbocycles. The third-order valence-electron chi connectivity index (χ3n) is 3.65. The van der Waals surface area contributed by atoms with Crippen molar-refractivity contribution in [1.29, 1.82) is 0 Å². The summed E-state index contributed by atoms with van der Waals surface area (Å²) >= 11 is 0. The highest BCUT2D eigenvalue weighted by atomic mass is 32.2. The van der Waals surface area contributed by atoms with E-state index in [1.807, 2.05) is 26.8 Å². The minimum Gasteiger partial charge on any atom is -0.312 e. The van der Waals surface area contributed by atoms with Crippen LogP contribution in [-0.2, 0) is 14.8 Å². The van der Waals surface area contributed by atoms with Gasteiger partial charge in [0.2, 0.25) is 15.9 Å². The molecule has 0 saturated carbocycles. The summed E-state index contributed by atoms with van der Waals surface area (Å²) in [6.45, 7) is 6.36. The molecule has 1 heterocycles. The molecule has 6 heteroatoms. The summed E-state index contributed by atoms with van der Waals surface area (Å²) in [6.07, 6.45) is 2.46. The predicted octanol–water partition coefficient (Wildman–Crippen LogP) is 2.91. The van der Waals surface area contributed by atoms with Crippen LogP contribution in [0.4, 0.5) is 11.4 Å².